The zero-order valence-corrected chi connectivity index (χ0v) is 10.5. The van der Waals surface area contributed by atoms with Crippen molar-refractivity contribution in [2.45, 2.75) is 26.4 Å². The summed E-state index contributed by atoms with van der Waals surface area (Å²) in [4.78, 5) is 4.20. The topological polar surface area (TPSA) is 61.7 Å². The van der Waals surface area contributed by atoms with Gasteiger partial charge in [-0.25, -0.2) is 4.98 Å². The van der Waals surface area contributed by atoms with Gasteiger partial charge in [-0.1, -0.05) is 13.8 Å². The van der Waals surface area contributed by atoms with Crippen molar-refractivity contribution in [2.75, 3.05) is 0 Å². The summed E-state index contributed by atoms with van der Waals surface area (Å²) in [6.07, 6.45) is 5.69. The van der Waals surface area contributed by atoms with Crippen LogP contribution in [0.2, 0.25) is 0 Å². The molecule has 2 rings (SSSR count). The van der Waals surface area contributed by atoms with E-state index in [1.807, 2.05) is 13.2 Å². The summed E-state index contributed by atoms with van der Waals surface area (Å²) in [7, 11) is 1.90. The Balaban J connectivity index is 2.11. The van der Waals surface area contributed by atoms with Crippen molar-refractivity contribution < 1.29 is 0 Å². The molecule has 2 heterocycles. The fourth-order valence-corrected chi connectivity index (χ4v) is 1.77. The Labute approximate surface area is 101 Å². The molecule has 0 aliphatic carbocycles. The molecule has 0 aliphatic rings. The summed E-state index contributed by atoms with van der Waals surface area (Å²) >= 11 is 0. The van der Waals surface area contributed by atoms with Crippen molar-refractivity contribution in [2.24, 2.45) is 18.7 Å². The lowest BCUT2D eigenvalue weighted by Crippen LogP contribution is -2.16. The number of aromatic nitrogens is 4. The summed E-state index contributed by atoms with van der Waals surface area (Å²) in [6.45, 7) is 4.98. The van der Waals surface area contributed by atoms with Crippen molar-refractivity contribution in [1.29, 1.82) is 0 Å². The Bertz CT molecular complexity index is 483. The van der Waals surface area contributed by atoms with Crippen LogP contribution in [0, 0.1) is 5.92 Å². The number of nitrogens with two attached hydrogens (primary N) is 1. The average Bonchev–Trinajstić information content (AvgIpc) is 2.88. The fourth-order valence-electron chi connectivity index (χ4n) is 1.77. The average molecular weight is 233 g/mol. The highest BCUT2D eigenvalue weighted by molar-refractivity contribution is 5.16. The van der Waals surface area contributed by atoms with Crippen LogP contribution in [0.3, 0.4) is 0 Å². The molecule has 2 N–H and O–H groups in total. The van der Waals surface area contributed by atoms with Gasteiger partial charge in [0.1, 0.15) is 12.2 Å². The number of hydrogen-bond donors (Lipinski definition) is 1. The molecule has 0 spiro atoms. The van der Waals surface area contributed by atoms with Gasteiger partial charge in [-0.3, -0.25) is 4.68 Å². The minimum absolute atomic E-state index is 0.0933. The predicted molar refractivity (Wildman–Crippen MR) is 66.3 cm³/mol. The van der Waals surface area contributed by atoms with Gasteiger partial charge in [0.05, 0.1) is 6.54 Å². The van der Waals surface area contributed by atoms with E-state index in [1.165, 1.54) is 5.56 Å². The van der Waals surface area contributed by atoms with Crippen molar-refractivity contribution in [3.8, 4) is 0 Å². The standard InChI is InChI=1S/C12H19N5/c1-9(2)12(13)10-4-5-17(6-10)7-11-14-8-15-16(11)3/h4-6,8-9,12H,7,13H2,1-3H3. The van der Waals surface area contributed by atoms with Crippen LogP contribution in [0.15, 0.2) is 24.8 Å². The van der Waals surface area contributed by atoms with E-state index >= 15 is 0 Å². The van der Waals surface area contributed by atoms with Gasteiger partial charge in [0.2, 0.25) is 0 Å². The monoisotopic (exact) mass is 233 g/mol. The lowest BCUT2D eigenvalue weighted by Gasteiger charge is -2.13. The van der Waals surface area contributed by atoms with Crippen molar-refractivity contribution in [3.63, 3.8) is 0 Å². The maximum Gasteiger partial charge on any atom is 0.146 e. The van der Waals surface area contributed by atoms with E-state index in [0.717, 1.165) is 12.4 Å². The molecule has 0 bridgehead atoms. The number of hydrogen-bond acceptors (Lipinski definition) is 3. The molecule has 0 fully saturated rings. The molecule has 2 aromatic rings. The third-order valence-corrected chi connectivity index (χ3v) is 3.01. The van der Waals surface area contributed by atoms with Gasteiger partial charge in [0.15, 0.2) is 0 Å². The molecule has 1 unspecified atom stereocenters. The lowest BCUT2D eigenvalue weighted by molar-refractivity contribution is 0.513. The largest absolute Gasteiger partial charge is 0.346 e. The molecule has 0 radical (unpaired) electrons. The molecule has 5 nitrogen and oxygen atoms in total. The van der Waals surface area contributed by atoms with Crippen LogP contribution < -0.4 is 5.73 Å². The van der Waals surface area contributed by atoms with E-state index in [2.05, 4.69) is 40.8 Å². The smallest absolute Gasteiger partial charge is 0.146 e. The fraction of sp³-hybridized carbons (Fsp3) is 0.500. The van der Waals surface area contributed by atoms with Gasteiger partial charge in [0.25, 0.3) is 0 Å². The number of aryl methyl sites for hydroxylation is 1. The second-order valence-electron chi connectivity index (χ2n) is 4.69. The first-order chi connectivity index (χ1) is 8.08. The minimum Gasteiger partial charge on any atom is -0.346 e. The third-order valence-electron chi connectivity index (χ3n) is 3.01. The molecule has 17 heavy (non-hydrogen) atoms. The number of nitrogens with zero attached hydrogens (tertiary/aromatic N) is 4. The Hall–Kier alpha value is -1.62. The normalized spacial score (nSPS) is 13.2. The van der Waals surface area contributed by atoms with Gasteiger partial charge >= 0.3 is 0 Å². The highest BCUT2D eigenvalue weighted by Crippen LogP contribution is 2.19. The molecule has 0 saturated heterocycles. The molecule has 5 heteroatoms. The molecule has 0 aromatic carbocycles. The predicted octanol–water partition coefficient (Wildman–Crippen LogP) is 1.32. The van der Waals surface area contributed by atoms with Crippen LogP contribution in [0.25, 0.3) is 0 Å². The first-order valence-electron chi connectivity index (χ1n) is 5.82. The maximum atomic E-state index is 6.11. The SMILES string of the molecule is CC(C)C(N)c1ccn(Cc2ncnn2C)c1. The van der Waals surface area contributed by atoms with Gasteiger partial charge in [-0.15, -0.1) is 0 Å². The highest BCUT2D eigenvalue weighted by atomic mass is 15.3. The van der Waals surface area contributed by atoms with Gasteiger partial charge in [0, 0.05) is 25.5 Å². The van der Waals surface area contributed by atoms with E-state index in [9.17, 15) is 0 Å². The van der Waals surface area contributed by atoms with Crippen LogP contribution in [0.4, 0.5) is 0 Å². The molecule has 1 atom stereocenters. The van der Waals surface area contributed by atoms with Crippen LogP contribution in [-0.4, -0.2) is 19.3 Å². The van der Waals surface area contributed by atoms with E-state index in [1.54, 1.807) is 11.0 Å². The molecule has 92 valence electrons. The number of rotatable bonds is 4. The van der Waals surface area contributed by atoms with Crippen molar-refractivity contribution >= 4 is 0 Å². The second kappa shape index (κ2) is 4.71. The van der Waals surface area contributed by atoms with Crippen LogP contribution in [0.1, 0.15) is 31.3 Å². The first kappa shape index (κ1) is 11.9. The highest BCUT2D eigenvalue weighted by Gasteiger charge is 2.12. The molecular weight excluding hydrogens is 214 g/mol. The molecule has 2 aromatic heterocycles. The van der Waals surface area contributed by atoms with Gasteiger partial charge < -0.3 is 10.3 Å². The van der Waals surface area contributed by atoms with E-state index in [4.69, 9.17) is 5.73 Å². The zero-order valence-electron chi connectivity index (χ0n) is 10.5. The van der Waals surface area contributed by atoms with Crippen molar-refractivity contribution in [1.82, 2.24) is 19.3 Å². The summed E-state index contributed by atoms with van der Waals surface area (Å²) in [5, 5.41) is 4.05. The third kappa shape index (κ3) is 2.55. The van der Waals surface area contributed by atoms with E-state index < -0.39 is 0 Å². The van der Waals surface area contributed by atoms with Gasteiger partial charge in [-0.2, -0.15) is 5.10 Å². The van der Waals surface area contributed by atoms with Crippen LogP contribution >= 0.6 is 0 Å². The zero-order chi connectivity index (χ0) is 12.4. The molecule has 0 amide bonds. The molecular formula is C12H19N5. The van der Waals surface area contributed by atoms with E-state index in [0.29, 0.717) is 5.92 Å². The molecule has 0 saturated carbocycles. The Morgan fingerprint density at radius 1 is 1.41 bits per heavy atom. The van der Waals surface area contributed by atoms with Crippen LogP contribution in [-0.2, 0) is 13.6 Å². The summed E-state index contributed by atoms with van der Waals surface area (Å²) in [5.41, 5.74) is 7.28. The summed E-state index contributed by atoms with van der Waals surface area (Å²) in [5.74, 6) is 1.38. The quantitative estimate of drug-likeness (QED) is 0.866. The Morgan fingerprint density at radius 3 is 2.76 bits per heavy atom. The van der Waals surface area contributed by atoms with Gasteiger partial charge in [-0.05, 0) is 17.5 Å². The Kier molecular flexibility index (Phi) is 3.28. The maximum absolute atomic E-state index is 6.11. The summed E-state index contributed by atoms with van der Waals surface area (Å²) in [6, 6.07) is 2.16. The van der Waals surface area contributed by atoms with E-state index in [-0.39, 0.29) is 6.04 Å². The van der Waals surface area contributed by atoms with Crippen molar-refractivity contribution in [3.05, 3.63) is 36.2 Å². The minimum atomic E-state index is 0.0933. The first-order valence-corrected chi connectivity index (χ1v) is 5.82. The Morgan fingerprint density at radius 2 is 2.18 bits per heavy atom. The summed E-state index contributed by atoms with van der Waals surface area (Å²) < 4.78 is 3.86. The van der Waals surface area contributed by atoms with Crippen LogP contribution in [0.5, 0.6) is 0 Å². The second-order valence-corrected chi connectivity index (χ2v) is 4.69. The lowest BCUT2D eigenvalue weighted by atomic mass is 10.00. The molecule has 0 aliphatic heterocycles.